The molecule has 0 saturated heterocycles. The summed E-state index contributed by atoms with van der Waals surface area (Å²) in [5.41, 5.74) is 2.39. The van der Waals surface area contributed by atoms with Crippen LogP contribution in [0.2, 0.25) is 0 Å². The highest BCUT2D eigenvalue weighted by Crippen LogP contribution is 2.19. The van der Waals surface area contributed by atoms with Gasteiger partial charge in [-0.15, -0.1) is 24.0 Å². The van der Waals surface area contributed by atoms with Crippen LogP contribution in [-0.4, -0.2) is 52.5 Å². The predicted octanol–water partition coefficient (Wildman–Crippen LogP) is 3.60. The molecule has 7 heteroatoms. The zero-order chi connectivity index (χ0) is 19.7. The van der Waals surface area contributed by atoms with Gasteiger partial charge < -0.3 is 15.3 Å². The van der Waals surface area contributed by atoms with Crippen LogP contribution in [0.4, 0.5) is 0 Å². The molecule has 0 saturated carbocycles. The van der Waals surface area contributed by atoms with E-state index in [0.29, 0.717) is 17.8 Å². The summed E-state index contributed by atoms with van der Waals surface area (Å²) in [6.45, 7) is 13.5. The van der Waals surface area contributed by atoms with Gasteiger partial charge in [-0.2, -0.15) is 5.10 Å². The van der Waals surface area contributed by atoms with Crippen LogP contribution in [0, 0.1) is 11.8 Å². The van der Waals surface area contributed by atoms with Crippen molar-refractivity contribution in [2.45, 2.75) is 59.9 Å². The normalized spacial score (nSPS) is 13.0. The number of guanidine groups is 1. The van der Waals surface area contributed by atoms with Crippen LogP contribution < -0.4 is 5.32 Å². The Balaban J connectivity index is 0.00000676. The van der Waals surface area contributed by atoms with Gasteiger partial charge in [0.2, 0.25) is 0 Å². The third-order valence-corrected chi connectivity index (χ3v) is 4.43. The minimum Gasteiger partial charge on any atom is -0.396 e. The maximum atomic E-state index is 9.32. The maximum Gasteiger partial charge on any atom is 0.193 e. The minimum atomic E-state index is 0. The van der Waals surface area contributed by atoms with E-state index in [1.165, 1.54) is 5.56 Å². The van der Waals surface area contributed by atoms with Gasteiger partial charge in [-0.3, -0.25) is 9.67 Å². The topological polar surface area (TPSA) is 65.7 Å². The molecule has 6 nitrogen and oxygen atoms in total. The average molecular weight is 493 g/mol. The number of aromatic nitrogens is 2. The zero-order valence-electron chi connectivity index (χ0n) is 18.2. The van der Waals surface area contributed by atoms with E-state index in [9.17, 15) is 5.11 Å². The van der Waals surface area contributed by atoms with Gasteiger partial charge in [0.1, 0.15) is 0 Å². The Morgan fingerprint density at radius 2 is 2.00 bits per heavy atom. The van der Waals surface area contributed by atoms with E-state index in [1.807, 2.05) is 11.7 Å². The summed E-state index contributed by atoms with van der Waals surface area (Å²) in [4.78, 5) is 7.02. The van der Waals surface area contributed by atoms with Gasteiger partial charge in [-0.05, 0) is 37.5 Å². The SMILES string of the molecule is CCNC(=NCC(CCO)CC(C)C)N(C)Cc1cn(C)nc1C(C)C.I. The highest BCUT2D eigenvalue weighted by atomic mass is 127. The number of hydrogen-bond acceptors (Lipinski definition) is 3. The van der Waals surface area contributed by atoms with Gasteiger partial charge in [0.05, 0.1) is 5.69 Å². The molecule has 1 rings (SSSR count). The van der Waals surface area contributed by atoms with Crippen molar-refractivity contribution < 1.29 is 5.11 Å². The highest BCUT2D eigenvalue weighted by Gasteiger charge is 2.16. The van der Waals surface area contributed by atoms with Crippen LogP contribution in [-0.2, 0) is 13.6 Å². The minimum absolute atomic E-state index is 0. The average Bonchev–Trinajstić information content (AvgIpc) is 2.91. The number of nitrogens with one attached hydrogen (secondary N) is 1. The molecule has 0 amide bonds. The first-order valence-electron chi connectivity index (χ1n) is 9.91. The standard InChI is InChI=1S/C20H39N5O.HI/c1-8-21-20(22-12-17(9-10-26)11-15(2)3)24(6)13-18-14-25(7)23-19(18)16(4)5;/h14-17,26H,8-13H2,1-7H3,(H,21,22);1H. The van der Waals surface area contributed by atoms with Gasteiger partial charge in [0, 0.05) is 52.1 Å². The van der Waals surface area contributed by atoms with Crippen molar-refractivity contribution in [1.29, 1.82) is 0 Å². The Morgan fingerprint density at radius 3 is 2.52 bits per heavy atom. The predicted molar refractivity (Wildman–Crippen MR) is 125 cm³/mol. The molecule has 1 aromatic rings. The molecule has 1 unspecified atom stereocenters. The first-order chi connectivity index (χ1) is 12.3. The molecular weight excluding hydrogens is 453 g/mol. The fourth-order valence-corrected chi connectivity index (χ4v) is 3.31. The molecule has 0 aliphatic carbocycles. The number of halogens is 1. The molecule has 0 spiro atoms. The number of aryl methyl sites for hydroxylation is 1. The van der Waals surface area contributed by atoms with E-state index in [2.05, 4.69) is 63.2 Å². The molecule has 0 aliphatic heterocycles. The van der Waals surface area contributed by atoms with E-state index < -0.39 is 0 Å². The van der Waals surface area contributed by atoms with E-state index in [4.69, 9.17) is 4.99 Å². The van der Waals surface area contributed by atoms with Crippen molar-refractivity contribution in [2.24, 2.45) is 23.9 Å². The molecule has 158 valence electrons. The van der Waals surface area contributed by atoms with Crippen LogP contribution in [0.3, 0.4) is 0 Å². The fourth-order valence-electron chi connectivity index (χ4n) is 3.31. The van der Waals surface area contributed by atoms with E-state index in [-0.39, 0.29) is 30.6 Å². The van der Waals surface area contributed by atoms with Crippen LogP contribution in [0.5, 0.6) is 0 Å². The Kier molecular flexibility index (Phi) is 13.0. The lowest BCUT2D eigenvalue weighted by Crippen LogP contribution is -2.39. The summed E-state index contributed by atoms with van der Waals surface area (Å²) in [5, 5.41) is 17.3. The quantitative estimate of drug-likeness (QED) is 0.297. The van der Waals surface area contributed by atoms with Crippen molar-refractivity contribution in [1.82, 2.24) is 20.0 Å². The van der Waals surface area contributed by atoms with Crippen LogP contribution >= 0.6 is 24.0 Å². The second kappa shape index (κ2) is 13.4. The monoisotopic (exact) mass is 493 g/mol. The third-order valence-electron chi connectivity index (χ3n) is 4.43. The highest BCUT2D eigenvalue weighted by molar-refractivity contribution is 14.0. The molecule has 0 bridgehead atoms. The smallest absolute Gasteiger partial charge is 0.193 e. The summed E-state index contributed by atoms with van der Waals surface area (Å²) in [5.74, 6) is 2.36. The Labute approximate surface area is 182 Å². The second-order valence-corrected chi connectivity index (χ2v) is 7.93. The number of hydrogen-bond donors (Lipinski definition) is 2. The summed E-state index contributed by atoms with van der Waals surface area (Å²) >= 11 is 0. The lowest BCUT2D eigenvalue weighted by atomic mass is 9.94. The Morgan fingerprint density at radius 1 is 1.33 bits per heavy atom. The maximum absolute atomic E-state index is 9.32. The number of aliphatic imine (C=N–C) groups is 1. The van der Waals surface area contributed by atoms with Crippen molar-refractivity contribution in [3.8, 4) is 0 Å². The van der Waals surface area contributed by atoms with Crippen molar-refractivity contribution in [2.75, 3.05) is 26.7 Å². The molecular formula is C20H40IN5O. The van der Waals surface area contributed by atoms with E-state index >= 15 is 0 Å². The van der Waals surface area contributed by atoms with Gasteiger partial charge in [-0.25, -0.2) is 0 Å². The van der Waals surface area contributed by atoms with Gasteiger partial charge in [0.25, 0.3) is 0 Å². The summed E-state index contributed by atoms with van der Waals surface area (Å²) < 4.78 is 1.89. The van der Waals surface area contributed by atoms with Crippen LogP contribution in [0.15, 0.2) is 11.2 Å². The molecule has 0 aliphatic rings. The molecule has 2 N–H and O–H groups in total. The second-order valence-electron chi connectivity index (χ2n) is 7.93. The Bertz CT molecular complexity index is 557. The number of aliphatic hydroxyl groups is 1. The van der Waals surface area contributed by atoms with Crippen molar-refractivity contribution >= 4 is 29.9 Å². The molecule has 0 radical (unpaired) electrons. The molecule has 1 heterocycles. The molecule has 27 heavy (non-hydrogen) atoms. The summed E-state index contributed by atoms with van der Waals surface area (Å²) in [6, 6.07) is 0. The largest absolute Gasteiger partial charge is 0.396 e. The van der Waals surface area contributed by atoms with Gasteiger partial charge in [-0.1, -0.05) is 27.7 Å². The Hall–Kier alpha value is -0.830. The van der Waals surface area contributed by atoms with E-state index in [1.54, 1.807) is 0 Å². The van der Waals surface area contributed by atoms with Gasteiger partial charge in [0.15, 0.2) is 5.96 Å². The summed E-state index contributed by atoms with van der Waals surface area (Å²) in [7, 11) is 4.04. The molecule has 0 aromatic carbocycles. The van der Waals surface area contributed by atoms with E-state index in [0.717, 1.165) is 44.1 Å². The van der Waals surface area contributed by atoms with Crippen LogP contribution in [0.25, 0.3) is 0 Å². The fraction of sp³-hybridized carbons (Fsp3) is 0.800. The third kappa shape index (κ3) is 9.27. The first kappa shape index (κ1) is 26.2. The molecule has 1 aromatic heterocycles. The molecule has 0 fully saturated rings. The number of nitrogens with zero attached hydrogens (tertiary/aromatic N) is 4. The number of rotatable bonds is 10. The molecule has 1 atom stereocenters. The lowest BCUT2D eigenvalue weighted by Gasteiger charge is -2.24. The first-order valence-corrected chi connectivity index (χ1v) is 9.91. The summed E-state index contributed by atoms with van der Waals surface area (Å²) in [6.07, 6.45) is 4.00. The van der Waals surface area contributed by atoms with Crippen molar-refractivity contribution in [3.63, 3.8) is 0 Å². The van der Waals surface area contributed by atoms with Crippen molar-refractivity contribution in [3.05, 3.63) is 17.5 Å². The van der Waals surface area contributed by atoms with Gasteiger partial charge >= 0.3 is 0 Å². The van der Waals surface area contributed by atoms with Crippen LogP contribution in [0.1, 0.15) is 64.6 Å². The number of aliphatic hydroxyl groups excluding tert-OH is 1. The lowest BCUT2D eigenvalue weighted by molar-refractivity contribution is 0.245. The zero-order valence-corrected chi connectivity index (χ0v) is 20.5.